The van der Waals surface area contributed by atoms with E-state index >= 15 is 0 Å². The lowest BCUT2D eigenvalue weighted by Gasteiger charge is -2.30. The number of carbonyl (C=O) groups is 2. The van der Waals surface area contributed by atoms with Crippen LogP contribution in [0, 0.1) is 13.8 Å². The fourth-order valence-electron chi connectivity index (χ4n) is 3.02. The molecule has 0 bridgehead atoms. The van der Waals surface area contributed by atoms with E-state index in [1.807, 2.05) is 57.2 Å². The summed E-state index contributed by atoms with van der Waals surface area (Å²) in [5.74, 6) is -0.173. The average molecular weight is 459 g/mol. The van der Waals surface area contributed by atoms with Gasteiger partial charge in [0.1, 0.15) is 6.04 Å². The quantitative estimate of drug-likeness (QED) is 0.608. The molecule has 0 heterocycles. The highest BCUT2D eigenvalue weighted by molar-refractivity contribution is 9.10. The van der Waals surface area contributed by atoms with Crippen LogP contribution < -0.4 is 5.32 Å². The van der Waals surface area contributed by atoms with Crippen LogP contribution in [0.3, 0.4) is 0 Å². The van der Waals surface area contributed by atoms with Crippen molar-refractivity contribution >= 4 is 27.7 Å². The molecular weight excluding hydrogens is 428 g/mol. The highest BCUT2D eigenvalue weighted by atomic mass is 79.9. The van der Waals surface area contributed by atoms with Crippen LogP contribution in [0.15, 0.2) is 46.9 Å². The molecule has 156 valence electrons. The molecule has 2 aromatic carbocycles. The largest absolute Gasteiger partial charge is 0.352 e. The lowest BCUT2D eigenvalue weighted by molar-refractivity contribution is -0.140. The minimum atomic E-state index is -0.549. The summed E-state index contributed by atoms with van der Waals surface area (Å²) in [5.41, 5.74) is 4.32. The van der Waals surface area contributed by atoms with Crippen molar-refractivity contribution in [2.75, 3.05) is 0 Å². The topological polar surface area (TPSA) is 49.4 Å². The predicted octanol–water partition coefficient (Wildman–Crippen LogP) is 4.94. The Morgan fingerprint density at radius 2 is 1.62 bits per heavy atom. The van der Waals surface area contributed by atoms with Gasteiger partial charge in [0, 0.05) is 17.1 Å². The van der Waals surface area contributed by atoms with E-state index in [0.717, 1.165) is 27.6 Å². The first-order chi connectivity index (χ1) is 13.7. The van der Waals surface area contributed by atoms with Crippen LogP contribution in [0.5, 0.6) is 0 Å². The van der Waals surface area contributed by atoms with Gasteiger partial charge in [-0.2, -0.15) is 0 Å². The second kappa shape index (κ2) is 10.6. The zero-order chi connectivity index (χ0) is 21.6. The van der Waals surface area contributed by atoms with Gasteiger partial charge < -0.3 is 10.2 Å². The van der Waals surface area contributed by atoms with Crippen molar-refractivity contribution in [3.63, 3.8) is 0 Å². The summed E-state index contributed by atoms with van der Waals surface area (Å²) >= 11 is 3.44. The van der Waals surface area contributed by atoms with E-state index in [2.05, 4.69) is 34.2 Å². The number of rotatable bonds is 8. The standard InChI is InChI=1S/C24H31BrN2O2/c1-6-18(4)26-24(29)19(5)27(15-20-9-11-22(25)12-10-20)23(28)14-21-8-7-16(2)17(3)13-21/h7-13,18-19H,6,14-15H2,1-5H3,(H,26,29)/t18-,19-/m1/s1. The lowest BCUT2D eigenvalue weighted by atomic mass is 10.0. The molecule has 0 saturated heterocycles. The summed E-state index contributed by atoms with van der Waals surface area (Å²) in [7, 11) is 0. The number of hydrogen-bond acceptors (Lipinski definition) is 2. The van der Waals surface area contributed by atoms with Crippen LogP contribution in [0.2, 0.25) is 0 Å². The molecule has 4 nitrogen and oxygen atoms in total. The van der Waals surface area contributed by atoms with Crippen LogP contribution in [0.25, 0.3) is 0 Å². The number of halogens is 1. The van der Waals surface area contributed by atoms with Gasteiger partial charge in [0.15, 0.2) is 0 Å². The van der Waals surface area contributed by atoms with Crippen molar-refractivity contribution < 1.29 is 9.59 Å². The first-order valence-electron chi connectivity index (χ1n) is 10.1. The van der Waals surface area contributed by atoms with E-state index < -0.39 is 6.04 Å². The van der Waals surface area contributed by atoms with E-state index in [-0.39, 0.29) is 24.3 Å². The Bertz CT molecular complexity index is 848. The third-order valence-corrected chi connectivity index (χ3v) is 5.89. The van der Waals surface area contributed by atoms with Gasteiger partial charge in [0.25, 0.3) is 0 Å². The van der Waals surface area contributed by atoms with E-state index in [1.165, 1.54) is 5.56 Å². The first-order valence-corrected chi connectivity index (χ1v) is 10.9. The maximum Gasteiger partial charge on any atom is 0.242 e. The molecule has 2 atom stereocenters. The molecule has 0 aliphatic heterocycles. The number of benzene rings is 2. The molecule has 0 aliphatic rings. The molecule has 0 spiro atoms. The highest BCUT2D eigenvalue weighted by Gasteiger charge is 2.26. The number of carbonyl (C=O) groups excluding carboxylic acids is 2. The Labute approximate surface area is 182 Å². The third kappa shape index (κ3) is 6.70. The van der Waals surface area contributed by atoms with Crippen LogP contribution in [-0.4, -0.2) is 28.8 Å². The Hall–Kier alpha value is -2.14. The van der Waals surface area contributed by atoms with Crippen molar-refractivity contribution in [3.05, 3.63) is 69.2 Å². The maximum atomic E-state index is 13.2. The van der Waals surface area contributed by atoms with E-state index in [1.54, 1.807) is 11.8 Å². The summed E-state index contributed by atoms with van der Waals surface area (Å²) < 4.78 is 0.983. The second-order valence-electron chi connectivity index (χ2n) is 7.74. The Kier molecular flexibility index (Phi) is 8.45. The Balaban J connectivity index is 2.23. The van der Waals surface area contributed by atoms with Gasteiger partial charge in [-0.15, -0.1) is 0 Å². The fourth-order valence-corrected chi connectivity index (χ4v) is 3.29. The molecule has 0 saturated carbocycles. The van der Waals surface area contributed by atoms with Gasteiger partial charge >= 0.3 is 0 Å². The molecule has 0 unspecified atom stereocenters. The average Bonchev–Trinajstić information content (AvgIpc) is 2.69. The number of aryl methyl sites for hydroxylation is 2. The van der Waals surface area contributed by atoms with Crippen LogP contribution >= 0.6 is 15.9 Å². The zero-order valence-corrected chi connectivity index (χ0v) is 19.5. The van der Waals surface area contributed by atoms with Crippen molar-refractivity contribution in [3.8, 4) is 0 Å². The predicted molar refractivity (Wildman–Crippen MR) is 122 cm³/mol. The van der Waals surface area contributed by atoms with E-state index in [4.69, 9.17) is 0 Å². The molecular formula is C24H31BrN2O2. The van der Waals surface area contributed by atoms with Gasteiger partial charge in [-0.3, -0.25) is 9.59 Å². The summed E-state index contributed by atoms with van der Waals surface area (Å²) in [6.07, 6.45) is 1.13. The first kappa shape index (κ1) is 23.1. The van der Waals surface area contributed by atoms with Crippen LogP contribution in [-0.2, 0) is 22.6 Å². The van der Waals surface area contributed by atoms with Crippen LogP contribution in [0.1, 0.15) is 49.4 Å². The van der Waals surface area contributed by atoms with Crippen molar-refractivity contribution in [1.82, 2.24) is 10.2 Å². The van der Waals surface area contributed by atoms with Gasteiger partial charge in [-0.25, -0.2) is 0 Å². The van der Waals surface area contributed by atoms with Gasteiger partial charge in [0.2, 0.25) is 11.8 Å². The number of nitrogens with zero attached hydrogens (tertiary/aromatic N) is 1. The van der Waals surface area contributed by atoms with Gasteiger partial charge in [0.05, 0.1) is 6.42 Å². The Morgan fingerprint density at radius 3 is 2.21 bits per heavy atom. The SMILES string of the molecule is CC[C@@H](C)NC(=O)[C@@H](C)N(Cc1ccc(Br)cc1)C(=O)Cc1ccc(C)c(C)c1. The molecule has 0 aromatic heterocycles. The lowest BCUT2D eigenvalue weighted by Crippen LogP contribution is -2.49. The normalized spacial score (nSPS) is 12.9. The molecule has 5 heteroatoms. The maximum absolute atomic E-state index is 13.2. The minimum Gasteiger partial charge on any atom is -0.352 e. The highest BCUT2D eigenvalue weighted by Crippen LogP contribution is 2.17. The molecule has 0 aliphatic carbocycles. The number of hydrogen-bond donors (Lipinski definition) is 1. The molecule has 29 heavy (non-hydrogen) atoms. The molecule has 0 radical (unpaired) electrons. The molecule has 2 aromatic rings. The third-order valence-electron chi connectivity index (χ3n) is 5.36. The molecule has 1 N–H and O–H groups in total. The summed E-state index contributed by atoms with van der Waals surface area (Å²) in [6, 6.07) is 13.4. The molecule has 2 rings (SSSR count). The van der Waals surface area contributed by atoms with E-state index in [9.17, 15) is 9.59 Å². The van der Waals surface area contributed by atoms with Gasteiger partial charge in [-0.05, 0) is 68.5 Å². The van der Waals surface area contributed by atoms with Crippen molar-refractivity contribution in [2.24, 2.45) is 0 Å². The van der Waals surface area contributed by atoms with Crippen molar-refractivity contribution in [2.45, 2.75) is 66.1 Å². The smallest absolute Gasteiger partial charge is 0.242 e. The van der Waals surface area contributed by atoms with Crippen LogP contribution in [0.4, 0.5) is 0 Å². The minimum absolute atomic E-state index is 0.0528. The molecule has 0 fully saturated rings. The second-order valence-corrected chi connectivity index (χ2v) is 8.65. The Morgan fingerprint density at radius 1 is 1.00 bits per heavy atom. The fraction of sp³-hybridized carbons (Fsp3) is 0.417. The monoisotopic (exact) mass is 458 g/mol. The van der Waals surface area contributed by atoms with Crippen molar-refractivity contribution in [1.29, 1.82) is 0 Å². The zero-order valence-electron chi connectivity index (χ0n) is 18.0. The van der Waals surface area contributed by atoms with Gasteiger partial charge in [-0.1, -0.05) is 53.2 Å². The number of nitrogens with one attached hydrogen (secondary N) is 1. The summed E-state index contributed by atoms with van der Waals surface area (Å²) in [6.45, 7) is 10.3. The summed E-state index contributed by atoms with van der Waals surface area (Å²) in [5, 5.41) is 3.00. The van der Waals surface area contributed by atoms with E-state index in [0.29, 0.717) is 6.54 Å². The summed E-state index contributed by atoms with van der Waals surface area (Å²) in [4.78, 5) is 27.6. The molecule has 2 amide bonds. The number of amides is 2.